The van der Waals surface area contributed by atoms with E-state index in [1.165, 1.54) is 12.1 Å². The number of halogens is 3. The van der Waals surface area contributed by atoms with Crippen molar-refractivity contribution in [1.29, 1.82) is 0 Å². The Balaban J connectivity index is 2.19. The SMILES string of the molecule is FC(F)(F)Oc1cccc(C2=CCNCC2)c1. The van der Waals surface area contributed by atoms with Crippen LogP contribution in [0.1, 0.15) is 12.0 Å². The fourth-order valence-corrected chi connectivity index (χ4v) is 1.78. The Morgan fingerprint density at radius 1 is 1.24 bits per heavy atom. The van der Waals surface area contributed by atoms with Crippen molar-refractivity contribution >= 4 is 5.57 Å². The van der Waals surface area contributed by atoms with Crippen LogP contribution in [0.2, 0.25) is 0 Å². The molecular weight excluding hydrogens is 231 g/mol. The monoisotopic (exact) mass is 243 g/mol. The van der Waals surface area contributed by atoms with E-state index in [0.717, 1.165) is 30.6 Å². The number of rotatable bonds is 2. The molecule has 0 spiro atoms. The number of nitrogens with one attached hydrogen (secondary N) is 1. The molecule has 0 amide bonds. The number of benzene rings is 1. The molecule has 5 heteroatoms. The van der Waals surface area contributed by atoms with Gasteiger partial charge < -0.3 is 10.1 Å². The summed E-state index contributed by atoms with van der Waals surface area (Å²) in [6.07, 6.45) is -1.84. The maximum absolute atomic E-state index is 12.1. The molecule has 1 aliphatic heterocycles. The number of alkyl halides is 3. The molecule has 0 saturated carbocycles. The van der Waals surface area contributed by atoms with Crippen molar-refractivity contribution < 1.29 is 17.9 Å². The summed E-state index contributed by atoms with van der Waals surface area (Å²) in [7, 11) is 0. The van der Waals surface area contributed by atoms with Gasteiger partial charge in [0.2, 0.25) is 0 Å². The van der Waals surface area contributed by atoms with Crippen LogP contribution < -0.4 is 10.1 Å². The van der Waals surface area contributed by atoms with Crippen molar-refractivity contribution in [1.82, 2.24) is 5.32 Å². The van der Waals surface area contributed by atoms with E-state index < -0.39 is 6.36 Å². The third-order valence-corrected chi connectivity index (χ3v) is 2.50. The van der Waals surface area contributed by atoms with Crippen LogP contribution in [0.15, 0.2) is 30.3 Å². The Morgan fingerprint density at radius 3 is 2.71 bits per heavy atom. The largest absolute Gasteiger partial charge is 0.573 e. The van der Waals surface area contributed by atoms with Crippen LogP contribution in [0.5, 0.6) is 5.75 Å². The Hall–Kier alpha value is -1.49. The van der Waals surface area contributed by atoms with Gasteiger partial charge >= 0.3 is 6.36 Å². The van der Waals surface area contributed by atoms with Gasteiger partial charge in [0.1, 0.15) is 5.75 Å². The average Bonchev–Trinajstić information content (AvgIpc) is 2.28. The lowest BCUT2D eigenvalue weighted by atomic mass is 10.0. The molecule has 0 fully saturated rings. The number of hydrogen-bond donors (Lipinski definition) is 1. The van der Waals surface area contributed by atoms with Crippen LogP contribution in [-0.4, -0.2) is 19.5 Å². The van der Waals surface area contributed by atoms with Gasteiger partial charge in [-0.2, -0.15) is 0 Å². The second kappa shape index (κ2) is 4.79. The summed E-state index contributed by atoms with van der Waals surface area (Å²) in [5.74, 6) is -0.172. The first-order valence-corrected chi connectivity index (χ1v) is 5.30. The molecule has 0 bridgehead atoms. The normalized spacial score (nSPS) is 16.5. The Morgan fingerprint density at radius 2 is 2.06 bits per heavy atom. The van der Waals surface area contributed by atoms with Crippen molar-refractivity contribution in [2.45, 2.75) is 12.8 Å². The number of hydrogen-bond acceptors (Lipinski definition) is 2. The molecule has 0 atom stereocenters. The van der Waals surface area contributed by atoms with Crippen LogP contribution in [0.4, 0.5) is 13.2 Å². The van der Waals surface area contributed by atoms with Crippen molar-refractivity contribution in [3.8, 4) is 5.75 Å². The van der Waals surface area contributed by atoms with E-state index in [1.54, 1.807) is 12.1 Å². The van der Waals surface area contributed by atoms with Crippen molar-refractivity contribution in [3.05, 3.63) is 35.9 Å². The topological polar surface area (TPSA) is 21.3 Å². The highest BCUT2D eigenvalue weighted by atomic mass is 19.4. The van der Waals surface area contributed by atoms with E-state index in [9.17, 15) is 13.2 Å². The second-order valence-electron chi connectivity index (χ2n) is 3.76. The van der Waals surface area contributed by atoms with E-state index in [0.29, 0.717) is 0 Å². The van der Waals surface area contributed by atoms with Gasteiger partial charge in [0.05, 0.1) is 0 Å². The van der Waals surface area contributed by atoms with Gasteiger partial charge in [-0.05, 0) is 36.2 Å². The average molecular weight is 243 g/mol. The predicted molar refractivity (Wildman–Crippen MR) is 58.6 cm³/mol. The molecule has 0 aromatic heterocycles. The molecule has 1 aromatic carbocycles. The maximum atomic E-state index is 12.1. The predicted octanol–water partition coefficient (Wildman–Crippen LogP) is 2.96. The van der Waals surface area contributed by atoms with Gasteiger partial charge in [0, 0.05) is 6.54 Å². The van der Waals surface area contributed by atoms with Gasteiger partial charge in [-0.25, -0.2) is 0 Å². The van der Waals surface area contributed by atoms with Gasteiger partial charge in [-0.1, -0.05) is 18.2 Å². The molecule has 0 aliphatic carbocycles. The highest BCUT2D eigenvalue weighted by Gasteiger charge is 2.31. The summed E-state index contributed by atoms with van der Waals surface area (Å²) in [6, 6.07) is 6.09. The highest BCUT2D eigenvalue weighted by molar-refractivity contribution is 5.67. The quantitative estimate of drug-likeness (QED) is 0.862. The molecule has 2 nitrogen and oxygen atoms in total. The summed E-state index contributed by atoms with van der Waals surface area (Å²) < 4.78 is 40.1. The van der Waals surface area contributed by atoms with E-state index in [-0.39, 0.29) is 5.75 Å². The zero-order chi connectivity index (χ0) is 12.3. The molecular formula is C12H12F3NO. The van der Waals surface area contributed by atoms with Crippen molar-refractivity contribution in [2.75, 3.05) is 13.1 Å². The molecule has 1 heterocycles. The summed E-state index contributed by atoms with van der Waals surface area (Å²) in [5, 5.41) is 3.15. The fourth-order valence-electron chi connectivity index (χ4n) is 1.78. The van der Waals surface area contributed by atoms with Gasteiger partial charge in [-0.15, -0.1) is 13.2 Å². The molecule has 0 saturated heterocycles. The molecule has 17 heavy (non-hydrogen) atoms. The molecule has 1 aromatic rings. The first-order valence-electron chi connectivity index (χ1n) is 5.30. The maximum Gasteiger partial charge on any atom is 0.573 e. The van der Waals surface area contributed by atoms with Gasteiger partial charge in [-0.3, -0.25) is 0 Å². The van der Waals surface area contributed by atoms with Crippen molar-refractivity contribution in [3.63, 3.8) is 0 Å². The standard InChI is InChI=1S/C12H12F3NO/c13-12(14,15)17-11-3-1-2-10(8-11)9-4-6-16-7-5-9/h1-4,8,16H,5-7H2. The van der Waals surface area contributed by atoms with E-state index in [2.05, 4.69) is 10.1 Å². The zero-order valence-electron chi connectivity index (χ0n) is 9.05. The Bertz CT molecular complexity index is 426. The van der Waals surface area contributed by atoms with Crippen LogP contribution >= 0.6 is 0 Å². The molecule has 1 N–H and O–H groups in total. The zero-order valence-corrected chi connectivity index (χ0v) is 9.05. The van der Waals surface area contributed by atoms with Crippen LogP contribution in [0.3, 0.4) is 0 Å². The van der Waals surface area contributed by atoms with E-state index in [4.69, 9.17) is 0 Å². The van der Waals surface area contributed by atoms with Crippen molar-refractivity contribution in [2.24, 2.45) is 0 Å². The van der Waals surface area contributed by atoms with Gasteiger partial charge in [0.15, 0.2) is 0 Å². The summed E-state index contributed by atoms with van der Waals surface area (Å²) >= 11 is 0. The van der Waals surface area contributed by atoms with Crippen LogP contribution in [0.25, 0.3) is 5.57 Å². The minimum absolute atomic E-state index is 0.172. The molecule has 1 aliphatic rings. The summed E-state index contributed by atoms with van der Waals surface area (Å²) in [4.78, 5) is 0. The third kappa shape index (κ3) is 3.49. The molecule has 0 radical (unpaired) electrons. The second-order valence-corrected chi connectivity index (χ2v) is 3.76. The fraction of sp³-hybridized carbons (Fsp3) is 0.333. The van der Waals surface area contributed by atoms with E-state index >= 15 is 0 Å². The molecule has 0 unspecified atom stereocenters. The summed E-state index contributed by atoms with van der Waals surface area (Å²) in [5.41, 5.74) is 1.84. The van der Waals surface area contributed by atoms with E-state index in [1.807, 2.05) is 6.08 Å². The molecule has 2 rings (SSSR count). The minimum Gasteiger partial charge on any atom is -0.406 e. The summed E-state index contributed by atoms with van der Waals surface area (Å²) in [6.45, 7) is 1.59. The van der Waals surface area contributed by atoms with Gasteiger partial charge in [0.25, 0.3) is 0 Å². The Labute approximate surface area is 97.1 Å². The van der Waals surface area contributed by atoms with Crippen LogP contribution in [0, 0.1) is 0 Å². The number of ether oxygens (including phenoxy) is 1. The molecule has 92 valence electrons. The lowest BCUT2D eigenvalue weighted by Crippen LogP contribution is -2.20. The third-order valence-electron chi connectivity index (χ3n) is 2.50. The van der Waals surface area contributed by atoms with Crippen LogP contribution in [-0.2, 0) is 0 Å². The first-order chi connectivity index (χ1) is 8.04. The highest BCUT2D eigenvalue weighted by Crippen LogP contribution is 2.27. The minimum atomic E-state index is -4.64. The lowest BCUT2D eigenvalue weighted by Gasteiger charge is -2.15. The lowest BCUT2D eigenvalue weighted by molar-refractivity contribution is -0.274. The first kappa shape index (κ1) is 12.0. The Kier molecular flexibility index (Phi) is 3.38. The smallest absolute Gasteiger partial charge is 0.406 e.